The Bertz CT molecular complexity index is 202. The van der Waals surface area contributed by atoms with Crippen molar-refractivity contribution in [3.8, 4) is 0 Å². The van der Waals surface area contributed by atoms with Crippen LogP contribution in [0, 0.1) is 0 Å². The second-order valence-corrected chi connectivity index (χ2v) is 4.75. The van der Waals surface area contributed by atoms with Crippen LogP contribution in [-0.4, -0.2) is 39.4 Å². The molecular weight excluding hydrogens is 234 g/mol. The molecule has 13 heavy (non-hydrogen) atoms. The highest BCUT2D eigenvalue weighted by molar-refractivity contribution is 9.10. The first-order valence-electron chi connectivity index (χ1n) is 4.67. The maximum atomic E-state index is 11.5. The molecule has 1 aliphatic heterocycles. The van der Waals surface area contributed by atoms with Crippen molar-refractivity contribution in [3.05, 3.63) is 0 Å². The molecule has 0 aromatic heterocycles. The van der Waals surface area contributed by atoms with Gasteiger partial charge in [0.25, 0.3) is 0 Å². The van der Waals surface area contributed by atoms with E-state index in [0.717, 1.165) is 12.8 Å². The van der Waals surface area contributed by atoms with Gasteiger partial charge < -0.3 is 10.0 Å². The molecule has 1 fully saturated rings. The number of halogens is 1. The van der Waals surface area contributed by atoms with Crippen molar-refractivity contribution in [2.45, 2.75) is 37.1 Å². The smallest absolute Gasteiger partial charge is 0.236 e. The maximum absolute atomic E-state index is 11.5. The Morgan fingerprint density at radius 3 is 2.54 bits per heavy atom. The Morgan fingerprint density at radius 1 is 1.62 bits per heavy atom. The zero-order valence-corrected chi connectivity index (χ0v) is 9.67. The maximum Gasteiger partial charge on any atom is 0.236 e. The summed E-state index contributed by atoms with van der Waals surface area (Å²) in [4.78, 5) is 13.1. The second-order valence-electron chi connectivity index (χ2n) is 3.65. The lowest BCUT2D eigenvalue weighted by Gasteiger charge is -2.46. The van der Waals surface area contributed by atoms with Crippen LogP contribution in [0.3, 0.4) is 0 Å². The van der Waals surface area contributed by atoms with E-state index in [0.29, 0.717) is 13.1 Å². The van der Waals surface area contributed by atoms with Crippen LogP contribution in [0.5, 0.6) is 0 Å². The summed E-state index contributed by atoms with van der Waals surface area (Å²) in [6.07, 6.45) is 1.51. The fraction of sp³-hybridized carbons (Fsp3) is 0.889. The third-order valence-electron chi connectivity index (χ3n) is 2.57. The molecule has 0 saturated carbocycles. The lowest BCUT2D eigenvalue weighted by Crippen LogP contribution is -2.64. The van der Waals surface area contributed by atoms with E-state index in [9.17, 15) is 9.90 Å². The third-order valence-corrected chi connectivity index (χ3v) is 3.61. The van der Waals surface area contributed by atoms with Crippen LogP contribution >= 0.6 is 15.9 Å². The minimum atomic E-state index is -0.615. The number of amides is 1. The Hall–Kier alpha value is -0.0900. The van der Waals surface area contributed by atoms with Crippen LogP contribution in [0.2, 0.25) is 0 Å². The van der Waals surface area contributed by atoms with Crippen LogP contribution in [0.4, 0.5) is 0 Å². The number of β-amino-alcohol motifs (C(OH)–C–C–N with tert-alkyl or cyclic N) is 1. The first-order chi connectivity index (χ1) is 6.02. The standard InChI is InChI=1S/C9H16BrNO2/c1-3-7(10)8(12)11-5-9(13,4-2)6-11/h7,13H,3-6H2,1-2H3. The highest BCUT2D eigenvalue weighted by Crippen LogP contribution is 2.26. The van der Waals surface area contributed by atoms with E-state index in [2.05, 4.69) is 15.9 Å². The number of nitrogens with zero attached hydrogens (tertiary/aromatic N) is 1. The summed E-state index contributed by atoms with van der Waals surface area (Å²) in [6, 6.07) is 0. The van der Waals surface area contributed by atoms with Crippen molar-refractivity contribution in [3.63, 3.8) is 0 Å². The van der Waals surface area contributed by atoms with Gasteiger partial charge in [0.1, 0.15) is 0 Å². The lowest BCUT2D eigenvalue weighted by molar-refractivity contribution is -0.155. The predicted octanol–water partition coefficient (Wildman–Crippen LogP) is 1.14. The van der Waals surface area contributed by atoms with Gasteiger partial charge in [0, 0.05) is 0 Å². The van der Waals surface area contributed by atoms with Crippen LogP contribution in [-0.2, 0) is 4.79 Å². The monoisotopic (exact) mass is 249 g/mol. The average Bonchev–Trinajstić information content (AvgIpc) is 2.10. The number of rotatable bonds is 3. The zero-order valence-electron chi connectivity index (χ0n) is 8.09. The molecule has 1 aliphatic rings. The molecule has 1 N–H and O–H groups in total. The van der Waals surface area contributed by atoms with Gasteiger partial charge in [0.2, 0.25) is 5.91 Å². The Kier molecular flexibility index (Phi) is 3.35. The largest absolute Gasteiger partial charge is 0.386 e. The van der Waals surface area contributed by atoms with E-state index < -0.39 is 5.60 Å². The first-order valence-corrected chi connectivity index (χ1v) is 5.59. The van der Waals surface area contributed by atoms with Gasteiger partial charge >= 0.3 is 0 Å². The number of hydrogen-bond donors (Lipinski definition) is 1. The van der Waals surface area contributed by atoms with E-state index in [1.54, 1.807) is 4.90 Å². The van der Waals surface area contributed by atoms with Gasteiger partial charge in [0.05, 0.1) is 23.5 Å². The molecule has 0 bridgehead atoms. The highest BCUT2D eigenvalue weighted by Gasteiger charge is 2.42. The van der Waals surface area contributed by atoms with Crippen LogP contribution in [0.25, 0.3) is 0 Å². The topological polar surface area (TPSA) is 40.5 Å². The minimum Gasteiger partial charge on any atom is -0.386 e. The minimum absolute atomic E-state index is 0.0890. The van der Waals surface area contributed by atoms with E-state index in [4.69, 9.17) is 0 Å². The van der Waals surface area contributed by atoms with E-state index in [-0.39, 0.29) is 10.7 Å². The summed E-state index contributed by atoms with van der Waals surface area (Å²) in [6.45, 7) is 4.88. The Morgan fingerprint density at radius 2 is 2.15 bits per heavy atom. The van der Waals surface area contributed by atoms with E-state index in [1.807, 2.05) is 13.8 Å². The van der Waals surface area contributed by atoms with Gasteiger partial charge in [-0.15, -0.1) is 0 Å². The van der Waals surface area contributed by atoms with Crippen molar-refractivity contribution in [2.75, 3.05) is 13.1 Å². The number of alkyl halides is 1. The van der Waals surface area contributed by atoms with Crippen molar-refractivity contribution < 1.29 is 9.90 Å². The Labute approximate surface area is 87.2 Å². The molecule has 1 amide bonds. The molecule has 1 saturated heterocycles. The molecule has 1 rings (SSSR count). The summed E-state index contributed by atoms with van der Waals surface area (Å²) < 4.78 is 0. The molecule has 0 spiro atoms. The normalized spacial score (nSPS) is 22.3. The van der Waals surface area contributed by atoms with Crippen LogP contribution < -0.4 is 0 Å². The number of carbonyl (C=O) groups excluding carboxylic acids is 1. The fourth-order valence-electron chi connectivity index (χ4n) is 1.42. The summed E-state index contributed by atoms with van der Waals surface area (Å²) >= 11 is 3.30. The van der Waals surface area contributed by atoms with Gasteiger partial charge in [-0.05, 0) is 12.8 Å². The van der Waals surface area contributed by atoms with E-state index in [1.165, 1.54) is 0 Å². The lowest BCUT2D eigenvalue weighted by atomic mass is 9.91. The van der Waals surface area contributed by atoms with Crippen molar-refractivity contribution in [1.29, 1.82) is 0 Å². The van der Waals surface area contributed by atoms with Gasteiger partial charge in [-0.2, -0.15) is 0 Å². The predicted molar refractivity (Wildman–Crippen MR) is 54.8 cm³/mol. The summed E-state index contributed by atoms with van der Waals surface area (Å²) in [7, 11) is 0. The SMILES string of the molecule is CCC(Br)C(=O)N1CC(O)(CC)C1. The summed E-state index contributed by atoms with van der Waals surface area (Å²) in [5.41, 5.74) is -0.615. The molecule has 76 valence electrons. The molecule has 1 heterocycles. The molecule has 0 radical (unpaired) electrons. The Balaban J connectivity index is 2.39. The number of aliphatic hydroxyl groups is 1. The molecule has 0 aliphatic carbocycles. The summed E-state index contributed by atoms with van der Waals surface area (Å²) in [5.74, 6) is 0.0978. The molecule has 1 atom stereocenters. The zero-order chi connectivity index (χ0) is 10.1. The van der Waals surface area contributed by atoms with Crippen molar-refractivity contribution >= 4 is 21.8 Å². The highest BCUT2D eigenvalue weighted by atomic mass is 79.9. The average molecular weight is 250 g/mol. The van der Waals surface area contributed by atoms with Gasteiger partial charge in [-0.3, -0.25) is 4.79 Å². The van der Waals surface area contributed by atoms with Crippen molar-refractivity contribution in [2.24, 2.45) is 0 Å². The van der Waals surface area contributed by atoms with Gasteiger partial charge in [0.15, 0.2) is 0 Å². The third kappa shape index (κ3) is 2.23. The molecule has 3 nitrogen and oxygen atoms in total. The molecule has 0 aromatic rings. The molecule has 1 unspecified atom stereocenters. The fourth-order valence-corrected chi connectivity index (χ4v) is 1.71. The molecule has 0 aromatic carbocycles. The van der Waals surface area contributed by atoms with Gasteiger partial charge in [-0.25, -0.2) is 0 Å². The number of carbonyl (C=O) groups is 1. The van der Waals surface area contributed by atoms with E-state index >= 15 is 0 Å². The molecule has 4 heteroatoms. The second kappa shape index (κ2) is 3.96. The first kappa shape index (κ1) is 11.0. The van der Waals surface area contributed by atoms with Gasteiger partial charge in [-0.1, -0.05) is 29.8 Å². The van der Waals surface area contributed by atoms with Crippen LogP contribution in [0.15, 0.2) is 0 Å². The number of hydrogen-bond acceptors (Lipinski definition) is 2. The summed E-state index contributed by atoms with van der Waals surface area (Å²) in [5, 5.41) is 9.68. The van der Waals surface area contributed by atoms with Crippen molar-refractivity contribution in [1.82, 2.24) is 4.90 Å². The molecular formula is C9H16BrNO2. The quantitative estimate of drug-likeness (QED) is 0.763. The number of likely N-dealkylation sites (tertiary alicyclic amines) is 1. The van der Waals surface area contributed by atoms with Crippen LogP contribution in [0.1, 0.15) is 26.7 Å².